The van der Waals surface area contributed by atoms with E-state index >= 15 is 0 Å². The number of halogens is 1. The van der Waals surface area contributed by atoms with Gasteiger partial charge in [-0.3, -0.25) is 9.52 Å². The fourth-order valence-electron chi connectivity index (χ4n) is 3.01. The van der Waals surface area contributed by atoms with Crippen LogP contribution < -0.4 is 4.72 Å². The number of hydrogen-bond donors (Lipinski definition) is 1. The first kappa shape index (κ1) is 19.0. The van der Waals surface area contributed by atoms with E-state index in [1.807, 2.05) is 0 Å². The van der Waals surface area contributed by atoms with Crippen molar-refractivity contribution in [3.8, 4) is 0 Å². The third-order valence-corrected chi connectivity index (χ3v) is 4.86. The number of carbonyl (C=O) groups excluding carboxylic acids is 1. The molecule has 1 N–H and O–H groups in total. The molecule has 27 heavy (non-hydrogen) atoms. The molecule has 0 unspecified atom stereocenters. The van der Waals surface area contributed by atoms with Crippen molar-refractivity contribution in [3.05, 3.63) is 65.5 Å². The number of carbonyl (C=O) groups is 1. The molecule has 1 amide bonds. The van der Waals surface area contributed by atoms with Gasteiger partial charge in [-0.1, -0.05) is 37.3 Å². The highest BCUT2D eigenvalue weighted by atomic mass is 32.2. The third kappa shape index (κ3) is 4.33. The number of hydrogen-bond acceptors (Lipinski definition) is 4. The number of hydrazone groups is 1. The van der Waals surface area contributed by atoms with Crippen LogP contribution in [0.1, 0.15) is 36.9 Å². The predicted octanol–water partition coefficient (Wildman–Crippen LogP) is 3.28. The van der Waals surface area contributed by atoms with Crippen LogP contribution in [-0.4, -0.2) is 31.3 Å². The van der Waals surface area contributed by atoms with Crippen LogP contribution in [0.15, 0.2) is 53.6 Å². The van der Waals surface area contributed by atoms with Gasteiger partial charge >= 0.3 is 0 Å². The second-order valence-electron chi connectivity index (χ2n) is 6.33. The van der Waals surface area contributed by atoms with Crippen LogP contribution in [0, 0.1) is 5.82 Å². The highest BCUT2D eigenvalue weighted by Crippen LogP contribution is 2.34. The smallest absolute Gasteiger partial charge is 0.242 e. The molecule has 0 aliphatic carbocycles. The maximum absolute atomic E-state index is 14.3. The Bertz CT molecular complexity index is 988. The molecule has 8 heteroatoms. The van der Waals surface area contributed by atoms with Gasteiger partial charge < -0.3 is 0 Å². The van der Waals surface area contributed by atoms with Crippen LogP contribution in [0.4, 0.5) is 10.1 Å². The zero-order valence-corrected chi connectivity index (χ0v) is 15.8. The Kier molecular flexibility index (Phi) is 5.27. The standard InChI is InChI=1S/C19H20FN3O3S/c1-3-19(24)23-18(15-6-4-5-7-16(15)20)12-17(21-23)13-8-10-14(11-9-13)22-27(2,25)26/h4-11,18,22H,3,12H2,1-2H3/t18-/m0/s1. The molecule has 1 heterocycles. The van der Waals surface area contributed by atoms with Gasteiger partial charge in [-0.05, 0) is 23.8 Å². The molecule has 142 valence electrons. The Hall–Kier alpha value is -2.74. The summed E-state index contributed by atoms with van der Waals surface area (Å²) in [7, 11) is -3.36. The summed E-state index contributed by atoms with van der Waals surface area (Å²) in [5.41, 5.74) is 2.26. The van der Waals surface area contributed by atoms with E-state index in [2.05, 4.69) is 9.82 Å². The number of nitrogens with zero attached hydrogens (tertiary/aromatic N) is 2. The highest BCUT2D eigenvalue weighted by Gasteiger charge is 2.33. The van der Waals surface area contributed by atoms with E-state index in [1.165, 1.54) is 11.1 Å². The van der Waals surface area contributed by atoms with Crippen molar-refractivity contribution < 1.29 is 17.6 Å². The Morgan fingerprint density at radius 1 is 1.22 bits per heavy atom. The minimum atomic E-state index is -3.36. The van der Waals surface area contributed by atoms with Crippen molar-refractivity contribution in [1.82, 2.24) is 5.01 Å². The van der Waals surface area contributed by atoms with E-state index in [4.69, 9.17) is 0 Å². The molecular formula is C19H20FN3O3S. The van der Waals surface area contributed by atoms with Gasteiger partial charge in [0.25, 0.3) is 0 Å². The van der Waals surface area contributed by atoms with Crippen LogP contribution in [0.3, 0.4) is 0 Å². The number of amides is 1. The Balaban J connectivity index is 1.90. The summed E-state index contributed by atoms with van der Waals surface area (Å²) >= 11 is 0. The molecule has 0 saturated carbocycles. The van der Waals surface area contributed by atoms with Gasteiger partial charge in [0.05, 0.1) is 18.0 Å². The molecule has 1 atom stereocenters. The molecule has 0 aromatic heterocycles. The molecule has 0 spiro atoms. The molecule has 2 aromatic rings. The molecule has 0 saturated heterocycles. The summed E-state index contributed by atoms with van der Waals surface area (Å²) in [6.45, 7) is 1.74. The minimum Gasteiger partial charge on any atom is -0.284 e. The van der Waals surface area contributed by atoms with Gasteiger partial charge in [-0.25, -0.2) is 17.8 Å². The second kappa shape index (κ2) is 7.48. The lowest BCUT2D eigenvalue weighted by atomic mass is 9.98. The average molecular weight is 389 g/mol. The summed E-state index contributed by atoms with van der Waals surface area (Å²) < 4.78 is 39.3. The van der Waals surface area contributed by atoms with E-state index in [0.717, 1.165) is 11.8 Å². The summed E-state index contributed by atoms with van der Waals surface area (Å²) in [5.74, 6) is -0.561. The maximum Gasteiger partial charge on any atom is 0.242 e. The molecular weight excluding hydrogens is 369 g/mol. The molecule has 6 nitrogen and oxygen atoms in total. The highest BCUT2D eigenvalue weighted by molar-refractivity contribution is 7.92. The maximum atomic E-state index is 14.3. The lowest BCUT2D eigenvalue weighted by Crippen LogP contribution is -2.26. The Morgan fingerprint density at radius 2 is 1.89 bits per heavy atom. The van der Waals surface area contributed by atoms with E-state index in [-0.39, 0.29) is 18.1 Å². The quantitative estimate of drug-likeness (QED) is 0.852. The number of nitrogens with one attached hydrogen (secondary N) is 1. The minimum absolute atomic E-state index is 0.186. The number of sulfonamides is 1. The lowest BCUT2D eigenvalue weighted by molar-refractivity contribution is -0.132. The van der Waals surface area contributed by atoms with Crippen molar-refractivity contribution in [2.24, 2.45) is 5.10 Å². The van der Waals surface area contributed by atoms with Gasteiger partial charge in [0.15, 0.2) is 0 Å². The zero-order valence-electron chi connectivity index (χ0n) is 15.0. The first-order valence-electron chi connectivity index (χ1n) is 8.50. The number of benzene rings is 2. The van der Waals surface area contributed by atoms with Crippen molar-refractivity contribution >= 4 is 27.3 Å². The molecule has 0 fully saturated rings. The monoisotopic (exact) mass is 389 g/mol. The predicted molar refractivity (Wildman–Crippen MR) is 102 cm³/mol. The van der Waals surface area contributed by atoms with Crippen LogP contribution in [0.5, 0.6) is 0 Å². The third-order valence-electron chi connectivity index (χ3n) is 4.25. The van der Waals surface area contributed by atoms with Crippen molar-refractivity contribution in [1.29, 1.82) is 0 Å². The van der Waals surface area contributed by atoms with Crippen molar-refractivity contribution in [2.75, 3.05) is 11.0 Å². The second-order valence-corrected chi connectivity index (χ2v) is 8.08. The first-order valence-corrected chi connectivity index (χ1v) is 10.4. The number of rotatable bonds is 5. The summed E-state index contributed by atoms with van der Waals surface area (Å²) in [4.78, 5) is 12.3. The summed E-state index contributed by atoms with van der Waals surface area (Å²) in [6.07, 6.45) is 1.72. The van der Waals surface area contributed by atoms with Crippen LogP contribution in [0.25, 0.3) is 0 Å². The SMILES string of the molecule is CCC(=O)N1N=C(c2ccc(NS(C)(=O)=O)cc2)C[C@H]1c1ccccc1F. The molecule has 1 aliphatic rings. The fraction of sp³-hybridized carbons (Fsp3) is 0.263. The van der Waals surface area contributed by atoms with E-state index in [0.29, 0.717) is 23.4 Å². The van der Waals surface area contributed by atoms with Gasteiger partial charge in [0.2, 0.25) is 15.9 Å². The van der Waals surface area contributed by atoms with E-state index < -0.39 is 16.1 Å². The van der Waals surface area contributed by atoms with Gasteiger partial charge in [0.1, 0.15) is 5.82 Å². The number of anilines is 1. The summed E-state index contributed by atoms with van der Waals surface area (Å²) in [5, 5.41) is 5.77. The molecule has 2 aromatic carbocycles. The first-order chi connectivity index (χ1) is 12.8. The molecule has 1 aliphatic heterocycles. The molecule has 3 rings (SSSR count). The van der Waals surface area contributed by atoms with Crippen molar-refractivity contribution in [3.63, 3.8) is 0 Å². The van der Waals surface area contributed by atoms with Gasteiger partial charge in [-0.2, -0.15) is 5.10 Å². The van der Waals surface area contributed by atoms with Crippen LogP contribution in [0.2, 0.25) is 0 Å². The lowest BCUT2D eigenvalue weighted by Gasteiger charge is -2.21. The molecule has 0 radical (unpaired) electrons. The summed E-state index contributed by atoms with van der Waals surface area (Å²) in [6, 6.07) is 12.6. The topological polar surface area (TPSA) is 78.8 Å². The molecule has 0 bridgehead atoms. The Morgan fingerprint density at radius 3 is 2.48 bits per heavy atom. The van der Waals surface area contributed by atoms with E-state index in [9.17, 15) is 17.6 Å². The van der Waals surface area contributed by atoms with E-state index in [1.54, 1.807) is 49.4 Å². The van der Waals surface area contributed by atoms with Gasteiger partial charge in [0, 0.05) is 24.1 Å². The zero-order chi connectivity index (χ0) is 19.6. The largest absolute Gasteiger partial charge is 0.284 e. The fourth-order valence-corrected chi connectivity index (χ4v) is 3.57. The Labute approximate surface area is 157 Å². The van der Waals surface area contributed by atoms with Crippen LogP contribution >= 0.6 is 0 Å². The average Bonchev–Trinajstić information content (AvgIpc) is 3.06. The van der Waals surface area contributed by atoms with Crippen molar-refractivity contribution in [2.45, 2.75) is 25.8 Å². The normalized spacial score (nSPS) is 16.9. The van der Waals surface area contributed by atoms with Crippen LogP contribution in [-0.2, 0) is 14.8 Å². The van der Waals surface area contributed by atoms with Gasteiger partial charge in [-0.15, -0.1) is 0 Å².